The highest BCUT2D eigenvalue weighted by molar-refractivity contribution is 5.96. The van der Waals surface area contributed by atoms with E-state index in [1.807, 2.05) is 4.90 Å². The Balaban J connectivity index is 1.47. The summed E-state index contributed by atoms with van der Waals surface area (Å²) in [6.07, 6.45) is 3.00. The zero-order chi connectivity index (χ0) is 23.6. The van der Waals surface area contributed by atoms with Gasteiger partial charge in [-0.2, -0.15) is 13.2 Å². The van der Waals surface area contributed by atoms with Crippen LogP contribution in [0.3, 0.4) is 0 Å². The third kappa shape index (κ3) is 5.20. The smallest absolute Gasteiger partial charge is 0.339 e. The lowest BCUT2D eigenvalue weighted by Crippen LogP contribution is -2.60. The van der Waals surface area contributed by atoms with Gasteiger partial charge in [-0.25, -0.2) is 0 Å². The molecular formula is C25H34F3N3O2. The van der Waals surface area contributed by atoms with Gasteiger partial charge in [0.1, 0.15) is 0 Å². The van der Waals surface area contributed by atoms with Crippen molar-refractivity contribution in [1.82, 2.24) is 14.7 Å². The monoisotopic (exact) mass is 465 g/mol. The van der Waals surface area contributed by atoms with Crippen molar-refractivity contribution in [2.24, 2.45) is 5.92 Å². The van der Waals surface area contributed by atoms with E-state index in [-0.39, 0.29) is 23.6 Å². The average Bonchev–Trinajstić information content (AvgIpc) is 3.33. The summed E-state index contributed by atoms with van der Waals surface area (Å²) in [7, 11) is 0. The number of likely N-dealkylation sites (tertiary alicyclic amines) is 1. The summed E-state index contributed by atoms with van der Waals surface area (Å²) in [5.41, 5.74) is -1.19. The highest BCUT2D eigenvalue weighted by Crippen LogP contribution is 2.34. The molecule has 2 atom stereocenters. The number of carbonyl (C=O) groups excluding carboxylic acids is 2. The zero-order valence-electron chi connectivity index (χ0n) is 19.3. The first kappa shape index (κ1) is 24.0. The minimum atomic E-state index is -4.57. The fraction of sp³-hybridized carbons (Fsp3) is 0.680. The number of amides is 2. The first-order chi connectivity index (χ1) is 15.8. The molecular weight excluding hydrogens is 431 g/mol. The standard InChI is InChI=1S/C25H34F3N3O2/c1-18-8-6-7-13-31(18)24(33)22(19-9-2-3-10-19)29-14-16-30(17-15-29)23(32)20-11-4-5-12-21(20)25(26,27)28/h4-5,11-12,18-19,22H,2-3,6-10,13-17H2,1H3. The number of hydrogen-bond acceptors (Lipinski definition) is 3. The minimum absolute atomic E-state index is 0.187. The molecule has 0 aromatic heterocycles. The van der Waals surface area contributed by atoms with Crippen LogP contribution in [0.4, 0.5) is 13.2 Å². The van der Waals surface area contributed by atoms with Gasteiger partial charge in [0.25, 0.3) is 5.91 Å². The Morgan fingerprint density at radius 2 is 1.55 bits per heavy atom. The van der Waals surface area contributed by atoms with Crippen LogP contribution in [-0.2, 0) is 11.0 Å². The summed E-state index contributed by atoms with van der Waals surface area (Å²) in [6.45, 7) is 4.60. The van der Waals surface area contributed by atoms with Gasteiger partial charge in [-0.3, -0.25) is 14.5 Å². The van der Waals surface area contributed by atoms with Crippen LogP contribution < -0.4 is 0 Å². The highest BCUT2D eigenvalue weighted by atomic mass is 19.4. The average molecular weight is 466 g/mol. The van der Waals surface area contributed by atoms with E-state index in [2.05, 4.69) is 11.8 Å². The van der Waals surface area contributed by atoms with Gasteiger partial charge in [-0.1, -0.05) is 25.0 Å². The molecule has 4 rings (SSSR count). The van der Waals surface area contributed by atoms with Gasteiger partial charge in [0.05, 0.1) is 17.2 Å². The van der Waals surface area contributed by atoms with E-state index in [9.17, 15) is 22.8 Å². The largest absolute Gasteiger partial charge is 0.417 e. The van der Waals surface area contributed by atoms with Crippen LogP contribution in [-0.4, -0.2) is 71.3 Å². The lowest BCUT2D eigenvalue weighted by atomic mass is 9.92. The molecule has 1 aliphatic carbocycles. The maximum Gasteiger partial charge on any atom is 0.417 e. The fourth-order valence-electron chi connectivity index (χ4n) is 5.81. The molecule has 182 valence electrons. The zero-order valence-corrected chi connectivity index (χ0v) is 19.3. The Labute approximate surface area is 193 Å². The second-order valence-corrected chi connectivity index (χ2v) is 9.74. The summed E-state index contributed by atoms with van der Waals surface area (Å²) >= 11 is 0. The molecule has 2 aliphatic heterocycles. The molecule has 2 saturated heterocycles. The first-order valence-corrected chi connectivity index (χ1v) is 12.3. The van der Waals surface area contributed by atoms with Crippen molar-refractivity contribution in [3.05, 3.63) is 35.4 Å². The van der Waals surface area contributed by atoms with E-state index in [0.29, 0.717) is 32.1 Å². The van der Waals surface area contributed by atoms with Crippen LogP contribution in [0, 0.1) is 5.92 Å². The first-order valence-electron chi connectivity index (χ1n) is 12.3. The molecule has 0 radical (unpaired) electrons. The third-order valence-corrected chi connectivity index (χ3v) is 7.64. The quantitative estimate of drug-likeness (QED) is 0.661. The molecule has 0 spiro atoms. The molecule has 2 heterocycles. The molecule has 1 aromatic rings. The lowest BCUT2D eigenvalue weighted by Gasteiger charge is -2.44. The van der Waals surface area contributed by atoms with Crippen molar-refractivity contribution in [2.75, 3.05) is 32.7 Å². The van der Waals surface area contributed by atoms with Gasteiger partial charge in [0.15, 0.2) is 0 Å². The van der Waals surface area contributed by atoms with Crippen LogP contribution in [0.5, 0.6) is 0 Å². The van der Waals surface area contributed by atoms with Crippen LogP contribution in [0.15, 0.2) is 24.3 Å². The summed E-state index contributed by atoms with van der Waals surface area (Å²) in [6, 6.07) is 5.03. The number of carbonyl (C=O) groups is 2. The normalized spacial score (nSPS) is 24.2. The number of rotatable bonds is 4. The van der Waals surface area contributed by atoms with Crippen molar-refractivity contribution in [3.8, 4) is 0 Å². The minimum Gasteiger partial charge on any atom is -0.339 e. The van der Waals surface area contributed by atoms with Crippen molar-refractivity contribution in [3.63, 3.8) is 0 Å². The summed E-state index contributed by atoms with van der Waals surface area (Å²) in [5, 5.41) is 0. The Morgan fingerprint density at radius 3 is 2.18 bits per heavy atom. The van der Waals surface area contributed by atoms with Gasteiger partial charge in [-0.15, -0.1) is 0 Å². The fourth-order valence-corrected chi connectivity index (χ4v) is 5.81. The maximum absolute atomic E-state index is 13.7. The molecule has 8 heteroatoms. The second-order valence-electron chi connectivity index (χ2n) is 9.74. The molecule has 2 amide bonds. The second kappa shape index (κ2) is 10.0. The van der Waals surface area contributed by atoms with Crippen molar-refractivity contribution in [2.45, 2.75) is 70.1 Å². The SMILES string of the molecule is CC1CCCCN1C(=O)C(C1CCCC1)N1CCN(C(=O)c2ccccc2C(F)(F)F)CC1. The van der Waals surface area contributed by atoms with Crippen LogP contribution in [0.2, 0.25) is 0 Å². The number of alkyl halides is 3. The lowest BCUT2D eigenvalue weighted by molar-refractivity contribution is -0.143. The van der Waals surface area contributed by atoms with Gasteiger partial charge in [0, 0.05) is 38.8 Å². The number of piperazine rings is 1. The van der Waals surface area contributed by atoms with E-state index >= 15 is 0 Å². The number of hydrogen-bond donors (Lipinski definition) is 0. The van der Waals surface area contributed by atoms with E-state index < -0.39 is 17.6 Å². The summed E-state index contributed by atoms with van der Waals surface area (Å²) in [5.74, 6) is -0.0629. The Morgan fingerprint density at radius 1 is 0.909 bits per heavy atom. The van der Waals surface area contributed by atoms with Gasteiger partial charge >= 0.3 is 6.18 Å². The molecule has 1 aromatic carbocycles. The van der Waals surface area contributed by atoms with Crippen LogP contribution in [0.1, 0.15) is 67.8 Å². The van der Waals surface area contributed by atoms with Crippen molar-refractivity contribution < 1.29 is 22.8 Å². The van der Waals surface area contributed by atoms with E-state index in [4.69, 9.17) is 0 Å². The topological polar surface area (TPSA) is 43.9 Å². The Hall–Kier alpha value is -2.09. The van der Waals surface area contributed by atoms with E-state index in [1.54, 1.807) is 0 Å². The van der Waals surface area contributed by atoms with Crippen LogP contribution in [0.25, 0.3) is 0 Å². The Bertz CT molecular complexity index is 846. The van der Waals surface area contributed by atoms with Gasteiger partial charge in [0.2, 0.25) is 5.91 Å². The number of piperidine rings is 1. The molecule has 3 fully saturated rings. The van der Waals surface area contributed by atoms with Crippen LogP contribution >= 0.6 is 0 Å². The number of benzene rings is 1. The van der Waals surface area contributed by atoms with E-state index in [0.717, 1.165) is 57.6 Å². The molecule has 0 N–H and O–H groups in total. The van der Waals surface area contributed by atoms with E-state index in [1.165, 1.54) is 23.1 Å². The molecule has 3 aliphatic rings. The molecule has 2 unspecified atom stereocenters. The predicted molar refractivity (Wildman–Crippen MR) is 120 cm³/mol. The Kier molecular flexibility index (Phi) is 7.31. The molecule has 5 nitrogen and oxygen atoms in total. The predicted octanol–water partition coefficient (Wildman–Crippen LogP) is 4.42. The molecule has 0 bridgehead atoms. The summed E-state index contributed by atoms with van der Waals surface area (Å²) < 4.78 is 40.2. The third-order valence-electron chi connectivity index (χ3n) is 7.64. The van der Waals surface area contributed by atoms with Gasteiger partial charge in [-0.05, 0) is 57.1 Å². The summed E-state index contributed by atoms with van der Waals surface area (Å²) in [4.78, 5) is 32.4. The molecule has 33 heavy (non-hydrogen) atoms. The number of nitrogens with zero attached hydrogens (tertiary/aromatic N) is 3. The highest BCUT2D eigenvalue weighted by Gasteiger charge is 2.41. The van der Waals surface area contributed by atoms with Gasteiger partial charge < -0.3 is 9.80 Å². The van der Waals surface area contributed by atoms with Crippen molar-refractivity contribution >= 4 is 11.8 Å². The number of halogens is 3. The maximum atomic E-state index is 13.7. The molecule has 1 saturated carbocycles. The van der Waals surface area contributed by atoms with Crippen molar-refractivity contribution in [1.29, 1.82) is 0 Å².